The molecule has 0 saturated heterocycles. The minimum absolute atomic E-state index is 0.222. The van der Waals surface area contributed by atoms with Gasteiger partial charge in [-0.3, -0.25) is 4.79 Å². The van der Waals surface area contributed by atoms with E-state index >= 15 is 0 Å². The average molecular weight is 464 g/mol. The number of nitrogens with one attached hydrogen (secondary N) is 1. The summed E-state index contributed by atoms with van der Waals surface area (Å²) in [6, 6.07) is 15.4. The molecular formula is C25H26ClN5O2. The van der Waals surface area contributed by atoms with E-state index in [1.807, 2.05) is 64.1 Å². The van der Waals surface area contributed by atoms with Gasteiger partial charge in [-0.15, -0.1) is 0 Å². The number of amides is 1. The number of hydrogen-bond acceptors (Lipinski definition) is 5. The zero-order chi connectivity index (χ0) is 23.8. The third-order valence-corrected chi connectivity index (χ3v) is 5.60. The molecule has 0 atom stereocenters. The first-order valence-corrected chi connectivity index (χ1v) is 11.0. The lowest BCUT2D eigenvalue weighted by atomic mass is 9.97. The fourth-order valence-electron chi connectivity index (χ4n) is 3.32. The predicted molar refractivity (Wildman–Crippen MR) is 129 cm³/mol. The van der Waals surface area contributed by atoms with Crippen LogP contribution in [0.2, 0.25) is 5.15 Å². The lowest BCUT2D eigenvalue weighted by molar-refractivity contribution is 0.102. The lowest BCUT2D eigenvalue weighted by Gasteiger charge is -2.10. The van der Waals surface area contributed by atoms with Crippen molar-refractivity contribution in [1.29, 1.82) is 0 Å². The van der Waals surface area contributed by atoms with Gasteiger partial charge < -0.3 is 9.84 Å². The van der Waals surface area contributed by atoms with Gasteiger partial charge in [0.15, 0.2) is 0 Å². The first kappa shape index (κ1) is 22.7. The molecule has 4 aromatic rings. The number of anilines is 1. The highest BCUT2D eigenvalue weighted by atomic mass is 35.5. The van der Waals surface area contributed by atoms with Crippen LogP contribution in [0.15, 0.2) is 53.1 Å². The number of benzene rings is 2. The summed E-state index contributed by atoms with van der Waals surface area (Å²) in [7, 11) is 0. The second kappa shape index (κ2) is 8.83. The molecule has 170 valence electrons. The number of carbonyl (C=O) groups excluding carboxylic acids is 1. The molecule has 0 aliphatic carbocycles. The van der Waals surface area contributed by atoms with Crippen molar-refractivity contribution in [3.8, 4) is 11.4 Å². The molecule has 1 N–H and O–H groups in total. The van der Waals surface area contributed by atoms with Crippen LogP contribution in [0.3, 0.4) is 0 Å². The highest BCUT2D eigenvalue weighted by Gasteiger charge is 2.23. The standard InChI is InChI=1S/C25H26ClN5O2/c1-15-6-8-17(9-7-15)14-31-21(26)20(16(2)29-31)23(32)27-19-12-10-18(11-13-19)22-28-24(33-30-22)25(3,4)5/h6-13H,14H2,1-5H3,(H,27,32). The van der Waals surface area contributed by atoms with E-state index in [-0.39, 0.29) is 11.3 Å². The molecule has 0 fully saturated rings. The Balaban J connectivity index is 1.48. The molecule has 2 heterocycles. The van der Waals surface area contributed by atoms with E-state index in [4.69, 9.17) is 16.1 Å². The number of hydrogen-bond donors (Lipinski definition) is 1. The van der Waals surface area contributed by atoms with Crippen molar-refractivity contribution in [2.45, 2.75) is 46.6 Å². The number of aryl methyl sites for hydroxylation is 2. The van der Waals surface area contributed by atoms with Crippen molar-refractivity contribution >= 4 is 23.2 Å². The summed E-state index contributed by atoms with van der Waals surface area (Å²) in [5.41, 5.74) is 4.38. The number of rotatable bonds is 5. The van der Waals surface area contributed by atoms with E-state index in [0.717, 1.165) is 11.1 Å². The Morgan fingerprint density at radius 3 is 2.33 bits per heavy atom. The Labute approximate surface area is 197 Å². The number of halogens is 1. The van der Waals surface area contributed by atoms with Gasteiger partial charge in [-0.2, -0.15) is 10.1 Å². The predicted octanol–water partition coefficient (Wildman–Crippen LogP) is 5.80. The van der Waals surface area contributed by atoms with Gasteiger partial charge in [0.1, 0.15) is 5.15 Å². The Kier molecular flexibility index (Phi) is 6.08. The maximum Gasteiger partial charge on any atom is 0.260 e. The van der Waals surface area contributed by atoms with Gasteiger partial charge in [0.2, 0.25) is 11.7 Å². The highest BCUT2D eigenvalue weighted by molar-refractivity contribution is 6.33. The summed E-state index contributed by atoms with van der Waals surface area (Å²) >= 11 is 6.53. The molecule has 0 aliphatic rings. The fraction of sp³-hybridized carbons (Fsp3) is 0.280. The Hall–Kier alpha value is -3.45. The maximum absolute atomic E-state index is 12.9. The molecule has 0 unspecified atom stereocenters. The summed E-state index contributed by atoms with van der Waals surface area (Å²) in [4.78, 5) is 17.4. The summed E-state index contributed by atoms with van der Waals surface area (Å²) in [5, 5.41) is 11.7. The molecule has 7 nitrogen and oxygen atoms in total. The lowest BCUT2D eigenvalue weighted by Crippen LogP contribution is -2.13. The second-order valence-electron chi connectivity index (χ2n) is 9.10. The molecule has 2 aromatic heterocycles. The van der Waals surface area contributed by atoms with Gasteiger partial charge in [0.05, 0.1) is 17.8 Å². The highest BCUT2D eigenvalue weighted by Crippen LogP contribution is 2.26. The van der Waals surface area contributed by atoms with Crippen molar-refractivity contribution in [2.24, 2.45) is 0 Å². The third-order valence-electron chi connectivity index (χ3n) is 5.21. The zero-order valence-corrected chi connectivity index (χ0v) is 20.1. The number of carbonyl (C=O) groups is 1. The van der Waals surface area contributed by atoms with Gasteiger partial charge >= 0.3 is 0 Å². The van der Waals surface area contributed by atoms with Crippen molar-refractivity contribution in [3.05, 3.63) is 82.0 Å². The molecule has 0 spiro atoms. The van der Waals surface area contributed by atoms with Crippen LogP contribution in [0, 0.1) is 13.8 Å². The summed E-state index contributed by atoms with van der Waals surface area (Å²) in [6.45, 7) is 10.3. The molecule has 33 heavy (non-hydrogen) atoms. The van der Waals surface area contributed by atoms with Gasteiger partial charge in [-0.1, -0.05) is 67.4 Å². The van der Waals surface area contributed by atoms with E-state index in [1.54, 1.807) is 23.7 Å². The molecule has 0 saturated carbocycles. The zero-order valence-electron chi connectivity index (χ0n) is 19.3. The van der Waals surface area contributed by atoms with E-state index in [1.165, 1.54) is 5.56 Å². The van der Waals surface area contributed by atoms with Crippen LogP contribution in [-0.2, 0) is 12.0 Å². The number of aromatic nitrogens is 4. The largest absolute Gasteiger partial charge is 0.338 e. The Morgan fingerprint density at radius 1 is 1.06 bits per heavy atom. The third kappa shape index (κ3) is 4.98. The molecule has 1 amide bonds. The van der Waals surface area contributed by atoms with Crippen LogP contribution in [0.5, 0.6) is 0 Å². The minimum atomic E-state index is -0.310. The smallest absolute Gasteiger partial charge is 0.260 e. The Morgan fingerprint density at radius 2 is 1.73 bits per heavy atom. The van der Waals surface area contributed by atoms with Crippen LogP contribution in [0.25, 0.3) is 11.4 Å². The quantitative estimate of drug-likeness (QED) is 0.404. The van der Waals surface area contributed by atoms with Gasteiger partial charge in [-0.05, 0) is 43.7 Å². The van der Waals surface area contributed by atoms with Gasteiger partial charge in [-0.25, -0.2) is 4.68 Å². The molecule has 0 aliphatic heterocycles. The van der Waals surface area contributed by atoms with Gasteiger partial charge in [0.25, 0.3) is 5.91 Å². The maximum atomic E-state index is 12.9. The second-order valence-corrected chi connectivity index (χ2v) is 9.46. The van der Waals surface area contributed by atoms with Crippen LogP contribution in [0.1, 0.15) is 53.8 Å². The topological polar surface area (TPSA) is 85.8 Å². The van der Waals surface area contributed by atoms with Crippen LogP contribution < -0.4 is 5.32 Å². The summed E-state index contributed by atoms with van der Waals surface area (Å²) in [6.07, 6.45) is 0. The van der Waals surface area contributed by atoms with E-state index in [2.05, 4.69) is 20.6 Å². The summed E-state index contributed by atoms with van der Waals surface area (Å²) in [5.74, 6) is 0.770. The van der Waals surface area contributed by atoms with Crippen molar-refractivity contribution < 1.29 is 9.32 Å². The molecule has 8 heteroatoms. The van der Waals surface area contributed by atoms with Crippen LogP contribution in [-0.4, -0.2) is 25.8 Å². The van der Waals surface area contributed by atoms with Crippen molar-refractivity contribution in [3.63, 3.8) is 0 Å². The van der Waals surface area contributed by atoms with Crippen LogP contribution >= 0.6 is 11.6 Å². The van der Waals surface area contributed by atoms with Gasteiger partial charge in [0, 0.05) is 16.7 Å². The first-order valence-electron chi connectivity index (χ1n) is 10.7. The van der Waals surface area contributed by atoms with E-state index in [0.29, 0.717) is 40.4 Å². The molecule has 0 radical (unpaired) electrons. The fourth-order valence-corrected chi connectivity index (χ4v) is 3.64. The van der Waals surface area contributed by atoms with E-state index < -0.39 is 0 Å². The van der Waals surface area contributed by atoms with Crippen molar-refractivity contribution in [2.75, 3.05) is 5.32 Å². The SMILES string of the molecule is Cc1ccc(Cn2nc(C)c(C(=O)Nc3ccc(-c4noc(C(C)(C)C)n4)cc3)c2Cl)cc1. The molecular weight excluding hydrogens is 438 g/mol. The average Bonchev–Trinajstić information content (AvgIpc) is 3.36. The monoisotopic (exact) mass is 463 g/mol. The van der Waals surface area contributed by atoms with Crippen LogP contribution in [0.4, 0.5) is 5.69 Å². The molecule has 0 bridgehead atoms. The Bertz CT molecular complexity index is 1280. The van der Waals surface area contributed by atoms with E-state index in [9.17, 15) is 4.79 Å². The first-order chi connectivity index (χ1) is 15.6. The molecule has 4 rings (SSSR count). The minimum Gasteiger partial charge on any atom is -0.338 e. The summed E-state index contributed by atoms with van der Waals surface area (Å²) < 4.78 is 7.00. The molecule has 2 aromatic carbocycles. The van der Waals surface area contributed by atoms with Crippen molar-refractivity contribution in [1.82, 2.24) is 19.9 Å². The number of nitrogens with zero attached hydrogens (tertiary/aromatic N) is 4. The normalized spacial score (nSPS) is 11.6.